The molecule has 0 unspecified atom stereocenters. The Labute approximate surface area is 181 Å². The lowest BCUT2D eigenvalue weighted by molar-refractivity contribution is 0.418. The molecule has 0 aliphatic heterocycles. The Morgan fingerprint density at radius 1 is 0.588 bits per heavy atom. The zero-order valence-corrected chi connectivity index (χ0v) is 16.0. The average Bonchev–Trinajstić information content (AvgIpc) is 3.30. The van der Waals surface area contributed by atoms with Gasteiger partial charge in [-0.2, -0.15) is 16.8 Å². The van der Waals surface area contributed by atoms with E-state index in [1.807, 2.05) is 0 Å². The highest BCUT2D eigenvalue weighted by Gasteiger charge is 2.29. The van der Waals surface area contributed by atoms with Gasteiger partial charge in [-0.3, -0.25) is 0 Å². The summed E-state index contributed by atoms with van der Waals surface area (Å²) in [6.07, 6.45) is 1.30. The number of halogens is 8. The van der Waals surface area contributed by atoms with Gasteiger partial charge in [0.2, 0.25) is 6.19 Å². The fourth-order valence-corrected chi connectivity index (χ4v) is 4.21. The standard InChI is InChI=1S/C22H2F8N4/c1-32-34-22-8-3-5-7(2-6(8)10-12(22)16(26)20(30)18(28)14(10)24)21(33-4-31)11-9(5)13(23)17(27)19(29)15(11)25/h2-3H/b33-21?,34-22-. The first kappa shape index (κ1) is 21.3. The molecule has 4 nitrogen and oxygen atoms in total. The SMILES string of the molecule is [C-]#[N+]/N=c1/c2cc3c(cc2c2c(F)c(F)c(F)c(F)c12)c(=NC#N)c1c(F)c(F)c(F)c(F)c13. The Morgan fingerprint density at radius 2 is 0.971 bits per heavy atom. The maximum absolute atomic E-state index is 14.7. The van der Waals surface area contributed by atoms with Crippen LogP contribution in [0.1, 0.15) is 0 Å². The zero-order valence-electron chi connectivity index (χ0n) is 16.0. The minimum atomic E-state index is -2.17. The second-order valence-electron chi connectivity index (χ2n) is 7.06. The largest absolute Gasteiger partial charge is 0.206 e. The second kappa shape index (κ2) is 6.96. The quantitative estimate of drug-likeness (QED) is 0.0740. The maximum Gasteiger partial charge on any atom is 0.206 e. The van der Waals surface area contributed by atoms with Crippen molar-refractivity contribution in [2.24, 2.45) is 10.1 Å². The first-order valence-electron chi connectivity index (χ1n) is 8.98. The summed E-state index contributed by atoms with van der Waals surface area (Å²) in [6.45, 7) is 6.94. The van der Waals surface area contributed by atoms with Gasteiger partial charge in [0.25, 0.3) is 0 Å². The third-order valence-corrected chi connectivity index (χ3v) is 5.53. The number of benzene rings is 3. The van der Waals surface area contributed by atoms with Crippen LogP contribution in [0.15, 0.2) is 22.2 Å². The van der Waals surface area contributed by atoms with E-state index in [-0.39, 0.29) is 21.5 Å². The van der Waals surface area contributed by atoms with E-state index in [0.717, 1.165) is 12.1 Å². The third kappa shape index (κ3) is 2.39. The van der Waals surface area contributed by atoms with E-state index in [1.165, 1.54) is 6.19 Å². The van der Waals surface area contributed by atoms with Gasteiger partial charge in [-0.25, -0.2) is 35.1 Å². The van der Waals surface area contributed by atoms with E-state index >= 15 is 0 Å². The van der Waals surface area contributed by atoms with Crippen LogP contribution < -0.4 is 10.7 Å². The number of hydrogen-bond acceptors (Lipinski definition) is 3. The van der Waals surface area contributed by atoms with Crippen LogP contribution in [0.2, 0.25) is 0 Å². The molecule has 12 heteroatoms. The van der Waals surface area contributed by atoms with Crippen LogP contribution in [-0.2, 0) is 0 Å². The smallest absolute Gasteiger partial charge is 0.203 e. The van der Waals surface area contributed by atoms with Crippen molar-refractivity contribution >= 4 is 43.1 Å². The van der Waals surface area contributed by atoms with Crippen LogP contribution in [0, 0.1) is 64.6 Å². The lowest BCUT2D eigenvalue weighted by atomic mass is 10.1. The van der Waals surface area contributed by atoms with Crippen molar-refractivity contribution in [3.05, 3.63) is 80.9 Å². The summed E-state index contributed by atoms with van der Waals surface area (Å²) in [5.74, 6) is -16.1. The highest BCUT2D eigenvalue weighted by molar-refractivity contribution is 6.21. The molecule has 0 saturated heterocycles. The van der Waals surface area contributed by atoms with Crippen LogP contribution in [-0.4, -0.2) is 0 Å². The van der Waals surface area contributed by atoms with Crippen molar-refractivity contribution in [3.63, 3.8) is 0 Å². The second-order valence-corrected chi connectivity index (χ2v) is 7.06. The van der Waals surface area contributed by atoms with E-state index in [2.05, 4.69) is 15.0 Å². The van der Waals surface area contributed by atoms with Gasteiger partial charge in [0, 0.05) is 21.5 Å². The topological polar surface area (TPSA) is 52.9 Å². The molecule has 0 aliphatic carbocycles. The molecule has 0 saturated carbocycles. The fraction of sp³-hybridized carbons (Fsp3) is 0. The van der Waals surface area contributed by atoms with Gasteiger partial charge in [0.15, 0.2) is 51.9 Å². The minimum Gasteiger partial charge on any atom is -0.203 e. The summed E-state index contributed by atoms with van der Waals surface area (Å²) in [4.78, 5) is 6.03. The van der Waals surface area contributed by atoms with Gasteiger partial charge < -0.3 is 0 Å². The monoisotopic (exact) mass is 474 g/mol. The molecule has 0 radical (unpaired) electrons. The molecule has 0 atom stereocenters. The summed E-state index contributed by atoms with van der Waals surface area (Å²) in [7, 11) is 0. The molecule has 5 rings (SSSR count). The summed E-state index contributed by atoms with van der Waals surface area (Å²) in [5, 5.41) is 6.06. The molecule has 0 fully saturated rings. The van der Waals surface area contributed by atoms with Gasteiger partial charge >= 0.3 is 0 Å². The number of rotatable bonds is 0. The van der Waals surface area contributed by atoms with E-state index < -0.39 is 78.8 Å². The minimum absolute atomic E-state index is 0.332. The van der Waals surface area contributed by atoms with E-state index in [9.17, 15) is 35.1 Å². The first-order chi connectivity index (χ1) is 16.1. The summed E-state index contributed by atoms with van der Waals surface area (Å²) in [5.41, 5.74) is 0. The molecular formula is C22H2F8N4. The van der Waals surface area contributed by atoms with Crippen LogP contribution >= 0.6 is 0 Å². The summed E-state index contributed by atoms with van der Waals surface area (Å²) >= 11 is 0. The van der Waals surface area contributed by atoms with Crippen molar-refractivity contribution in [2.45, 2.75) is 0 Å². The van der Waals surface area contributed by atoms with E-state index in [0.29, 0.717) is 0 Å². The molecule has 166 valence electrons. The van der Waals surface area contributed by atoms with Crippen LogP contribution in [0.25, 0.3) is 48.0 Å². The molecule has 0 spiro atoms. The number of nitriles is 1. The van der Waals surface area contributed by atoms with Gasteiger partial charge in [-0.1, -0.05) is 0 Å². The highest BCUT2D eigenvalue weighted by atomic mass is 19.2. The molecule has 5 aromatic rings. The average molecular weight is 474 g/mol. The van der Waals surface area contributed by atoms with Gasteiger partial charge in [0.05, 0.1) is 21.2 Å². The predicted octanol–water partition coefficient (Wildman–Crippen LogP) is 5.40. The third-order valence-electron chi connectivity index (χ3n) is 5.53. The first-order valence-corrected chi connectivity index (χ1v) is 8.98. The number of hydrogen-bond donors (Lipinski definition) is 0. The molecule has 0 amide bonds. The van der Waals surface area contributed by atoms with E-state index in [4.69, 9.17) is 11.8 Å². The molecular weight excluding hydrogens is 472 g/mol. The number of nitrogens with zero attached hydrogens (tertiary/aromatic N) is 4. The molecule has 0 bridgehead atoms. The van der Waals surface area contributed by atoms with Crippen molar-refractivity contribution in [2.75, 3.05) is 0 Å². The normalized spacial score (nSPS) is 13.0. The lowest BCUT2D eigenvalue weighted by Crippen LogP contribution is -2.04. The van der Waals surface area contributed by atoms with Gasteiger partial charge in [0.1, 0.15) is 0 Å². The molecule has 0 N–H and O–H groups in total. The molecule has 0 aromatic heterocycles. The number of fused-ring (bicyclic) bond motifs is 6. The Kier molecular flexibility index (Phi) is 4.35. The Balaban J connectivity index is 2.22. The van der Waals surface area contributed by atoms with E-state index in [1.54, 1.807) is 0 Å². The van der Waals surface area contributed by atoms with Crippen LogP contribution in [0.3, 0.4) is 0 Å². The molecule has 0 heterocycles. The molecule has 0 aliphatic rings. The van der Waals surface area contributed by atoms with Crippen molar-refractivity contribution < 1.29 is 35.1 Å². The summed E-state index contributed by atoms with van der Waals surface area (Å²) < 4.78 is 114. The van der Waals surface area contributed by atoms with Crippen molar-refractivity contribution in [1.82, 2.24) is 0 Å². The predicted molar refractivity (Wildman–Crippen MR) is 102 cm³/mol. The fourth-order valence-electron chi connectivity index (χ4n) is 4.21. The summed E-state index contributed by atoms with van der Waals surface area (Å²) in [6, 6.07) is 1.81. The molecule has 34 heavy (non-hydrogen) atoms. The lowest BCUT2D eigenvalue weighted by Gasteiger charge is -2.01. The molecule has 5 aromatic carbocycles. The van der Waals surface area contributed by atoms with Gasteiger partial charge in [-0.05, 0) is 22.9 Å². The maximum atomic E-state index is 14.7. The Hall–Kier alpha value is -4.58. The van der Waals surface area contributed by atoms with Crippen molar-refractivity contribution in [3.8, 4) is 6.19 Å². The Bertz CT molecular complexity index is 1830. The van der Waals surface area contributed by atoms with Gasteiger partial charge in [-0.15, -0.1) is 4.95 Å². The van der Waals surface area contributed by atoms with Crippen LogP contribution in [0.5, 0.6) is 0 Å². The Morgan fingerprint density at radius 3 is 1.38 bits per heavy atom. The van der Waals surface area contributed by atoms with Crippen molar-refractivity contribution in [1.29, 1.82) is 5.26 Å². The zero-order chi connectivity index (χ0) is 24.6. The highest BCUT2D eigenvalue weighted by Crippen LogP contribution is 2.38. The van der Waals surface area contributed by atoms with Crippen LogP contribution in [0.4, 0.5) is 35.1 Å².